The van der Waals surface area contributed by atoms with Crippen molar-refractivity contribution in [2.45, 2.75) is 45.3 Å². The van der Waals surface area contributed by atoms with Gasteiger partial charge in [-0.3, -0.25) is 19.1 Å². The van der Waals surface area contributed by atoms with E-state index in [9.17, 15) is 32.7 Å². The summed E-state index contributed by atoms with van der Waals surface area (Å²) in [6, 6.07) is 0.606. The average Bonchev–Trinajstić information content (AvgIpc) is 2.75. The summed E-state index contributed by atoms with van der Waals surface area (Å²) in [5, 5.41) is 12.7. The molecule has 1 aromatic heterocycles. The normalized spacial score (nSPS) is 18.8. The first-order valence-corrected chi connectivity index (χ1v) is 9.95. The first kappa shape index (κ1) is 23.2. The highest BCUT2D eigenvalue weighted by Gasteiger charge is 2.30. The molecule has 0 radical (unpaired) electrons. The second-order valence-corrected chi connectivity index (χ2v) is 7.84. The molecule has 2 heterocycles. The molecule has 0 saturated carbocycles. The third kappa shape index (κ3) is 4.41. The molecule has 0 saturated heterocycles. The Hall–Kier alpha value is -3.50. The number of rotatable bonds is 3. The summed E-state index contributed by atoms with van der Waals surface area (Å²) in [6.45, 7) is 3.01. The third-order valence-corrected chi connectivity index (χ3v) is 5.52. The number of fused-ring (bicyclic) bond motifs is 1. The summed E-state index contributed by atoms with van der Waals surface area (Å²) in [4.78, 5) is 39.5. The summed E-state index contributed by atoms with van der Waals surface area (Å²) in [6.07, 6.45) is 2.39. The molecule has 32 heavy (non-hydrogen) atoms. The summed E-state index contributed by atoms with van der Waals surface area (Å²) in [5.41, 5.74) is 0.384. The quantitative estimate of drug-likeness (QED) is 0.662. The van der Waals surface area contributed by atoms with Gasteiger partial charge < -0.3 is 20.7 Å². The number of hydrogen-bond donors (Lipinski definition) is 3. The topological polar surface area (TPSA) is 104 Å². The van der Waals surface area contributed by atoms with Crippen LogP contribution in [-0.4, -0.2) is 45.6 Å². The van der Waals surface area contributed by atoms with Gasteiger partial charge in [0.05, 0.1) is 0 Å². The highest BCUT2D eigenvalue weighted by Crippen LogP contribution is 2.21. The maximum absolute atomic E-state index is 13.8. The minimum atomic E-state index is -1.20. The molecule has 2 atom stereocenters. The molecule has 0 bridgehead atoms. The SMILES string of the molecule is CC1CCC(C)N(C)C(=O)c2c(O)c(=O)c(C(=O)NCc3c(F)cc(F)cc3F)cn2N1. The van der Waals surface area contributed by atoms with Crippen molar-refractivity contribution < 1.29 is 27.9 Å². The molecule has 1 aliphatic heterocycles. The van der Waals surface area contributed by atoms with Crippen molar-refractivity contribution in [3.05, 3.63) is 62.8 Å². The molecule has 11 heteroatoms. The standard InChI is InChI=1S/C21H23F3N4O4/c1-10-4-5-11(2)27(3)21(32)17-19(30)18(29)14(9-28(17)26-10)20(31)25-8-13-15(23)6-12(22)7-16(13)24/h6-7,9-11,26,30H,4-5,8H2,1-3H3,(H,25,31). The Morgan fingerprint density at radius 3 is 2.44 bits per heavy atom. The van der Waals surface area contributed by atoms with E-state index in [4.69, 9.17) is 0 Å². The van der Waals surface area contributed by atoms with E-state index in [0.29, 0.717) is 25.0 Å². The van der Waals surface area contributed by atoms with Crippen LogP contribution in [-0.2, 0) is 6.54 Å². The maximum atomic E-state index is 13.8. The van der Waals surface area contributed by atoms with Crippen LogP contribution in [0.1, 0.15) is 53.1 Å². The molecule has 1 aliphatic rings. The first-order chi connectivity index (χ1) is 15.0. The zero-order chi connectivity index (χ0) is 23.7. The highest BCUT2D eigenvalue weighted by atomic mass is 19.1. The number of halogens is 3. The largest absolute Gasteiger partial charge is 0.502 e. The number of carbonyl (C=O) groups excluding carboxylic acids is 2. The van der Waals surface area contributed by atoms with Crippen LogP contribution in [0.3, 0.4) is 0 Å². The minimum absolute atomic E-state index is 0.156. The molecule has 8 nitrogen and oxygen atoms in total. The average molecular weight is 452 g/mol. The molecule has 2 amide bonds. The van der Waals surface area contributed by atoms with Crippen molar-refractivity contribution >= 4 is 11.8 Å². The molecule has 172 valence electrons. The molecular weight excluding hydrogens is 429 g/mol. The van der Waals surface area contributed by atoms with Crippen molar-refractivity contribution in [2.24, 2.45) is 0 Å². The van der Waals surface area contributed by atoms with Crippen LogP contribution in [0.5, 0.6) is 5.75 Å². The van der Waals surface area contributed by atoms with Gasteiger partial charge in [0.25, 0.3) is 11.8 Å². The van der Waals surface area contributed by atoms with E-state index in [1.165, 1.54) is 4.90 Å². The molecule has 1 aromatic carbocycles. The van der Waals surface area contributed by atoms with Gasteiger partial charge in [-0.05, 0) is 26.7 Å². The van der Waals surface area contributed by atoms with Crippen LogP contribution >= 0.6 is 0 Å². The minimum Gasteiger partial charge on any atom is -0.502 e. The van der Waals surface area contributed by atoms with E-state index >= 15 is 0 Å². The van der Waals surface area contributed by atoms with Gasteiger partial charge in [-0.1, -0.05) is 0 Å². The van der Waals surface area contributed by atoms with E-state index in [1.807, 2.05) is 13.8 Å². The van der Waals surface area contributed by atoms with Gasteiger partial charge in [-0.15, -0.1) is 0 Å². The van der Waals surface area contributed by atoms with E-state index in [2.05, 4.69) is 10.7 Å². The lowest BCUT2D eigenvalue weighted by Crippen LogP contribution is -2.39. The smallest absolute Gasteiger partial charge is 0.276 e. The molecule has 0 spiro atoms. The third-order valence-electron chi connectivity index (χ3n) is 5.52. The van der Waals surface area contributed by atoms with Crippen molar-refractivity contribution in [3.8, 4) is 5.75 Å². The molecule has 3 N–H and O–H groups in total. The summed E-state index contributed by atoms with van der Waals surface area (Å²) >= 11 is 0. The van der Waals surface area contributed by atoms with E-state index < -0.39 is 58.1 Å². The Morgan fingerprint density at radius 2 is 1.81 bits per heavy atom. The second-order valence-electron chi connectivity index (χ2n) is 7.84. The van der Waals surface area contributed by atoms with Gasteiger partial charge >= 0.3 is 0 Å². The van der Waals surface area contributed by atoms with Crippen molar-refractivity contribution in [1.82, 2.24) is 14.9 Å². The molecule has 0 fully saturated rings. The Balaban J connectivity index is 1.98. The van der Waals surface area contributed by atoms with Crippen molar-refractivity contribution in [3.63, 3.8) is 0 Å². The Morgan fingerprint density at radius 1 is 1.19 bits per heavy atom. The zero-order valence-corrected chi connectivity index (χ0v) is 17.7. The number of nitrogens with one attached hydrogen (secondary N) is 2. The number of nitrogens with zero attached hydrogens (tertiary/aromatic N) is 2. The van der Waals surface area contributed by atoms with E-state index in [-0.39, 0.29) is 17.8 Å². The number of amides is 2. The summed E-state index contributed by atoms with van der Waals surface area (Å²) in [5.74, 6) is -6.09. The van der Waals surface area contributed by atoms with Crippen LogP contribution < -0.4 is 16.2 Å². The van der Waals surface area contributed by atoms with Crippen LogP contribution in [0.4, 0.5) is 13.2 Å². The predicted octanol–water partition coefficient (Wildman–Crippen LogP) is 2.09. The predicted molar refractivity (Wildman–Crippen MR) is 109 cm³/mol. The van der Waals surface area contributed by atoms with Crippen molar-refractivity contribution in [2.75, 3.05) is 12.5 Å². The number of aromatic nitrogens is 1. The van der Waals surface area contributed by atoms with E-state index in [1.54, 1.807) is 7.05 Å². The van der Waals surface area contributed by atoms with Crippen LogP contribution in [0.15, 0.2) is 23.1 Å². The number of benzene rings is 1. The van der Waals surface area contributed by atoms with Crippen molar-refractivity contribution in [1.29, 1.82) is 0 Å². The van der Waals surface area contributed by atoms with E-state index in [0.717, 1.165) is 10.9 Å². The summed E-state index contributed by atoms with van der Waals surface area (Å²) < 4.78 is 41.8. The number of carbonyl (C=O) groups is 2. The van der Waals surface area contributed by atoms with Crippen LogP contribution in [0.25, 0.3) is 0 Å². The Labute approximate surface area is 181 Å². The molecule has 2 unspecified atom stereocenters. The first-order valence-electron chi connectivity index (χ1n) is 9.95. The Kier molecular flexibility index (Phi) is 6.47. The molecule has 2 aromatic rings. The Bertz CT molecular complexity index is 1110. The molecular formula is C21H23F3N4O4. The zero-order valence-electron chi connectivity index (χ0n) is 17.7. The molecule has 3 rings (SSSR count). The maximum Gasteiger partial charge on any atom is 0.276 e. The van der Waals surface area contributed by atoms with Gasteiger partial charge in [0, 0.05) is 49.6 Å². The van der Waals surface area contributed by atoms with Gasteiger partial charge in [-0.25, -0.2) is 13.2 Å². The lowest BCUT2D eigenvalue weighted by Gasteiger charge is -2.25. The number of hydrogen-bond acceptors (Lipinski definition) is 5. The second kappa shape index (κ2) is 8.93. The van der Waals surface area contributed by atoms with Gasteiger partial charge in [0.2, 0.25) is 5.43 Å². The lowest BCUT2D eigenvalue weighted by molar-refractivity contribution is 0.0724. The highest BCUT2D eigenvalue weighted by molar-refractivity contribution is 5.98. The summed E-state index contributed by atoms with van der Waals surface area (Å²) in [7, 11) is 1.55. The fraction of sp³-hybridized carbons (Fsp3) is 0.381. The van der Waals surface area contributed by atoms with Gasteiger partial charge in [-0.2, -0.15) is 0 Å². The number of pyridine rings is 1. The lowest BCUT2D eigenvalue weighted by atomic mass is 10.1. The fourth-order valence-electron chi connectivity index (χ4n) is 3.43. The molecule has 0 aliphatic carbocycles. The fourth-order valence-corrected chi connectivity index (χ4v) is 3.43. The van der Waals surface area contributed by atoms with Crippen LogP contribution in [0.2, 0.25) is 0 Å². The number of aromatic hydroxyl groups is 1. The monoisotopic (exact) mass is 452 g/mol. The van der Waals surface area contributed by atoms with Gasteiger partial charge in [0.15, 0.2) is 11.4 Å². The van der Waals surface area contributed by atoms with Crippen LogP contribution in [0, 0.1) is 17.5 Å². The van der Waals surface area contributed by atoms with Gasteiger partial charge in [0.1, 0.15) is 23.0 Å².